The molecule has 1 amide bonds. The van der Waals surface area contributed by atoms with Crippen LogP contribution in [-0.4, -0.2) is 12.5 Å². The van der Waals surface area contributed by atoms with E-state index in [0.29, 0.717) is 6.54 Å². The van der Waals surface area contributed by atoms with Crippen molar-refractivity contribution in [1.82, 2.24) is 0 Å². The van der Waals surface area contributed by atoms with E-state index in [1.807, 2.05) is 23.5 Å². The molecule has 0 saturated heterocycles. The number of fused-ring (bicyclic) bond motifs is 1. The van der Waals surface area contributed by atoms with E-state index in [9.17, 15) is 9.18 Å². The van der Waals surface area contributed by atoms with Crippen molar-refractivity contribution in [2.45, 2.75) is 6.04 Å². The number of amides is 1. The first-order valence-electron chi connectivity index (χ1n) is 6.31. The Balaban J connectivity index is 2.09. The fraction of sp³-hybridized carbons (Fsp3) is 0.133. The quantitative estimate of drug-likeness (QED) is 0.824. The topological polar surface area (TPSA) is 45.7 Å². The summed E-state index contributed by atoms with van der Waals surface area (Å²) in [6, 6.07) is 12.2. The lowest BCUT2D eigenvalue weighted by Crippen LogP contribution is -2.86. The first-order chi connectivity index (χ1) is 9.63. The Kier molecular flexibility index (Phi) is 3.54. The van der Waals surface area contributed by atoms with Crippen molar-refractivity contribution in [2.75, 3.05) is 11.9 Å². The van der Waals surface area contributed by atoms with Crippen LogP contribution in [-0.2, 0) is 4.79 Å². The van der Waals surface area contributed by atoms with Gasteiger partial charge >= 0.3 is 0 Å². The van der Waals surface area contributed by atoms with Crippen LogP contribution in [0.4, 0.5) is 10.1 Å². The summed E-state index contributed by atoms with van der Waals surface area (Å²) in [6.45, 7) is 0.342. The zero-order valence-electron chi connectivity index (χ0n) is 10.6. The van der Waals surface area contributed by atoms with Crippen molar-refractivity contribution in [3.63, 3.8) is 0 Å². The zero-order valence-corrected chi connectivity index (χ0v) is 12.2. The molecule has 3 nitrogen and oxygen atoms in total. The van der Waals surface area contributed by atoms with Gasteiger partial charge in [0.15, 0.2) is 6.54 Å². The highest BCUT2D eigenvalue weighted by Gasteiger charge is 2.26. The molecule has 2 aromatic carbocycles. The maximum atomic E-state index is 13.1. The summed E-state index contributed by atoms with van der Waals surface area (Å²) in [7, 11) is 0. The second-order valence-electron chi connectivity index (χ2n) is 4.75. The molecule has 3 rings (SSSR count). The number of quaternary nitrogens is 1. The number of halogens is 2. The normalized spacial score (nSPS) is 18.1. The first kappa shape index (κ1) is 13.3. The molecule has 1 heterocycles. The molecule has 1 atom stereocenters. The highest BCUT2D eigenvalue weighted by Crippen LogP contribution is 2.29. The molecule has 2 aromatic rings. The average molecular weight is 336 g/mol. The molecule has 1 aliphatic rings. The number of hydrogen-bond acceptors (Lipinski definition) is 1. The number of carbonyl (C=O) groups excluding carboxylic acids is 1. The lowest BCUT2D eigenvalue weighted by atomic mass is 9.97. The Morgan fingerprint density at radius 1 is 1.20 bits per heavy atom. The van der Waals surface area contributed by atoms with E-state index in [2.05, 4.69) is 21.2 Å². The Morgan fingerprint density at radius 3 is 2.70 bits per heavy atom. The monoisotopic (exact) mass is 335 g/mol. The summed E-state index contributed by atoms with van der Waals surface area (Å²) in [5.74, 6) is -0.288. The number of carbonyl (C=O) groups is 1. The molecule has 20 heavy (non-hydrogen) atoms. The van der Waals surface area contributed by atoms with Crippen LogP contribution in [0, 0.1) is 5.82 Å². The van der Waals surface area contributed by atoms with Crippen LogP contribution in [0.25, 0.3) is 0 Å². The fourth-order valence-electron chi connectivity index (χ4n) is 2.44. The van der Waals surface area contributed by atoms with Gasteiger partial charge in [0.1, 0.15) is 11.9 Å². The van der Waals surface area contributed by atoms with E-state index >= 15 is 0 Å². The van der Waals surface area contributed by atoms with E-state index in [4.69, 9.17) is 0 Å². The standard InChI is InChI=1S/C15H12BrFN2O/c16-10-3-6-13-12(7-10)15(18-8-14(20)19-13)9-1-4-11(17)5-2-9/h1-7,15,18H,8H2,(H,19,20)/p+1/t15-/m1/s1. The van der Waals surface area contributed by atoms with Gasteiger partial charge < -0.3 is 10.6 Å². The summed E-state index contributed by atoms with van der Waals surface area (Å²) < 4.78 is 14.0. The van der Waals surface area contributed by atoms with Crippen molar-refractivity contribution in [2.24, 2.45) is 0 Å². The molecule has 102 valence electrons. The Hall–Kier alpha value is -1.72. The van der Waals surface area contributed by atoms with Crippen LogP contribution in [0.15, 0.2) is 46.9 Å². The van der Waals surface area contributed by atoms with Gasteiger partial charge in [-0.05, 0) is 42.5 Å². The SMILES string of the molecule is O=C1C[NH2+][C@H](c2ccc(F)cc2)c2cc(Br)ccc2N1. The molecule has 3 N–H and O–H groups in total. The highest BCUT2D eigenvalue weighted by atomic mass is 79.9. The second kappa shape index (κ2) is 5.34. The zero-order chi connectivity index (χ0) is 14.1. The number of nitrogens with two attached hydrogens (primary N) is 1. The molecule has 0 spiro atoms. The Bertz CT molecular complexity index is 657. The van der Waals surface area contributed by atoms with Crippen LogP contribution in [0.5, 0.6) is 0 Å². The lowest BCUT2D eigenvalue weighted by molar-refractivity contribution is -0.675. The Labute approximate surface area is 124 Å². The van der Waals surface area contributed by atoms with Crippen molar-refractivity contribution >= 4 is 27.5 Å². The van der Waals surface area contributed by atoms with Crippen LogP contribution in [0.1, 0.15) is 17.2 Å². The molecular weight excluding hydrogens is 323 g/mol. The van der Waals surface area contributed by atoms with E-state index < -0.39 is 0 Å². The molecule has 0 fully saturated rings. The predicted octanol–water partition coefficient (Wildman–Crippen LogP) is 2.19. The third-order valence-corrected chi connectivity index (χ3v) is 3.88. The molecule has 1 aliphatic heterocycles. The van der Waals surface area contributed by atoms with Gasteiger partial charge in [0.05, 0.1) is 5.69 Å². The maximum Gasteiger partial charge on any atom is 0.279 e. The van der Waals surface area contributed by atoms with Gasteiger partial charge in [-0.1, -0.05) is 15.9 Å². The minimum atomic E-state index is -0.258. The van der Waals surface area contributed by atoms with Crippen LogP contribution in [0.2, 0.25) is 0 Å². The molecular formula is C15H13BrFN2O+. The number of nitrogens with one attached hydrogen (secondary N) is 1. The molecule has 0 saturated carbocycles. The van der Waals surface area contributed by atoms with Crippen LogP contribution >= 0.6 is 15.9 Å². The molecule has 0 radical (unpaired) electrons. The number of rotatable bonds is 1. The summed E-state index contributed by atoms with van der Waals surface area (Å²) in [5, 5.41) is 4.85. The summed E-state index contributed by atoms with van der Waals surface area (Å²) in [4.78, 5) is 11.7. The number of benzene rings is 2. The van der Waals surface area contributed by atoms with Crippen molar-refractivity contribution < 1.29 is 14.5 Å². The lowest BCUT2D eigenvalue weighted by Gasteiger charge is -2.15. The number of anilines is 1. The summed E-state index contributed by atoms with van der Waals surface area (Å²) in [5.41, 5.74) is 2.79. The smallest absolute Gasteiger partial charge is 0.279 e. The summed E-state index contributed by atoms with van der Waals surface area (Å²) in [6.07, 6.45) is 0. The average Bonchev–Trinajstić information content (AvgIpc) is 2.58. The second-order valence-corrected chi connectivity index (χ2v) is 5.66. The molecule has 0 aliphatic carbocycles. The minimum absolute atomic E-state index is 0.0259. The van der Waals surface area contributed by atoms with E-state index in [-0.39, 0.29) is 17.8 Å². The van der Waals surface area contributed by atoms with Crippen LogP contribution < -0.4 is 10.6 Å². The van der Waals surface area contributed by atoms with E-state index in [1.165, 1.54) is 12.1 Å². The third kappa shape index (κ3) is 2.59. The van der Waals surface area contributed by atoms with Gasteiger partial charge in [0.25, 0.3) is 5.91 Å². The molecule has 0 bridgehead atoms. The van der Waals surface area contributed by atoms with E-state index in [0.717, 1.165) is 21.3 Å². The van der Waals surface area contributed by atoms with Gasteiger partial charge in [-0.25, -0.2) is 4.39 Å². The van der Waals surface area contributed by atoms with Gasteiger partial charge in [-0.2, -0.15) is 0 Å². The van der Waals surface area contributed by atoms with E-state index in [1.54, 1.807) is 12.1 Å². The first-order valence-corrected chi connectivity index (χ1v) is 7.11. The fourth-order valence-corrected chi connectivity index (χ4v) is 2.82. The van der Waals surface area contributed by atoms with Crippen molar-refractivity contribution in [3.8, 4) is 0 Å². The van der Waals surface area contributed by atoms with Gasteiger partial charge in [0.2, 0.25) is 0 Å². The highest BCUT2D eigenvalue weighted by molar-refractivity contribution is 9.10. The molecule has 5 heteroatoms. The number of hydrogen-bond donors (Lipinski definition) is 2. The predicted molar refractivity (Wildman–Crippen MR) is 77.8 cm³/mol. The van der Waals surface area contributed by atoms with Crippen molar-refractivity contribution in [1.29, 1.82) is 0 Å². The van der Waals surface area contributed by atoms with Crippen LogP contribution in [0.3, 0.4) is 0 Å². The largest absolute Gasteiger partial charge is 0.328 e. The third-order valence-electron chi connectivity index (χ3n) is 3.39. The molecule has 0 aromatic heterocycles. The minimum Gasteiger partial charge on any atom is -0.328 e. The summed E-state index contributed by atoms with van der Waals surface area (Å²) >= 11 is 3.46. The van der Waals surface area contributed by atoms with Gasteiger partial charge in [0, 0.05) is 15.6 Å². The van der Waals surface area contributed by atoms with Gasteiger partial charge in [-0.3, -0.25) is 4.79 Å². The van der Waals surface area contributed by atoms with Gasteiger partial charge in [-0.15, -0.1) is 0 Å². The molecule has 0 unspecified atom stereocenters. The van der Waals surface area contributed by atoms with Crippen molar-refractivity contribution in [3.05, 3.63) is 63.9 Å². The maximum absolute atomic E-state index is 13.1. The Morgan fingerprint density at radius 2 is 1.95 bits per heavy atom.